The molecule has 2 rings (SSSR count). The Kier molecular flexibility index (Phi) is 4.79. The van der Waals surface area contributed by atoms with E-state index < -0.39 is 0 Å². The summed E-state index contributed by atoms with van der Waals surface area (Å²) >= 11 is 0. The molecule has 4 atom stereocenters. The number of ether oxygens (including phenoxy) is 4. The highest BCUT2D eigenvalue weighted by atomic mass is 16.7. The van der Waals surface area contributed by atoms with Gasteiger partial charge in [-0.15, -0.1) is 0 Å². The lowest BCUT2D eigenvalue weighted by molar-refractivity contribution is -0.200. The quantitative estimate of drug-likeness (QED) is 0.716. The van der Waals surface area contributed by atoms with Gasteiger partial charge in [0.25, 0.3) is 0 Å². The Bertz CT molecular complexity index is 229. The van der Waals surface area contributed by atoms with Gasteiger partial charge in [-0.25, -0.2) is 0 Å². The first kappa shape index (κ1) is 13.3. The van der Waals surface area contributed by atoms with Crippen LogP contribution in [0.4, 0.5) is 0 Å². The standard InChI is InChI=1S/C13H24O4/c1-4-9(5-2)7-15-10-6-11(14-3)13-16-8-12(10)17-13/h9-13H,4-8H2,1-3H3/t10-,11+,12+,13?/m0/s1. The summed E-state index contributed by atoms with van der Waals surface area (Å²) in [6.45, 7) is 5.87. The topological polar surface area (TPSA) is 36.9 Å². The van der Waals surface area contributed by atoms with Crippen molar-refractivity contribution in [2.24, 2.45) is 5.92 Å². The van der Waals surface area contributed by atoms with Crippen LogP contribution < -0.4 is 0 Å². The fourth-order valence-corrected chi connectivity index (χ4v) is 2.49. The molecular formula is C13H24O4. The molecule has 0 saturated carbocycles. The third-order valence-corrected chi connectivity index (χ3v) is 3.92. The molecule has 4 nitrogen and oxygen atoms in total. The van der Waals surface area contributed by atoms with E-state index in [2.05, 4.69) is 13.8 Å². The Balaban J connectivity index is 1.83. The van der Waals surface area contributed by atoms with Crippen LogP contribution in [0.2, 0.25) is 0 Å². The van der Waals surface area contributed by atoms with Crippen molar-refractivity contribution in [3.05, 3.63) is 0 Å². The summed E-state index contributed by atoms with van der Waals surface area (Å²) in [6, 6.07) is 0. The second-order valence-corrected chi connectivity index (χ2v) is 4.94. The predicted octanol–water partition coefficient (Wildman–Crippen LogP) is 1.97. The molecule has 0 aliphatic carbocycles. The van der Waals surface area contributed by atoms with Gasteiger partial charge in [-0.2, -0.15) is 0 Å². The van der Waals surface area contributed by atoms with Crippen molar-refractivity contribution >= 4 is 0 Å². The van der Waals surface area contributed by atoms with Crippen LogP contribution in [0, 0.1) is 5.92 Å². The maximum absolute atomic E-state index is 6.00. The van der Waals surface area contributed by atoms with Crippen LogP contribution in [0.15, 0.2) is 0 Å². The molecule has 2 bridgehead atoms. The van der Waals surface area contributed by atoms with E-state index in [4.69, 9.17) is 18.9 Å². The van der Waals surface area contributed by atoms with E-state index in [0.29, 0.717) is 12.5 Å². The minimum absolute atomic E-state index is 0.0143. The van der Waals surface area contributed by atoms with Crippen LogP contribution in [-0.4, -0.2) is 44.9 Å². The van der Waals surface area contributed by atoms with Crippen LogP contribution in [0.25, 0.3) is 0 Å². The van der Waals surface area contributed by atoms with Gasteiger partial charge in [0.2, 0.25) is 0 Å². The lowest BCUT2D eigenvalue weighted by Gasteiger charge is -2.33. The fraction of sp³-hybridized carbons (Fsp3) is 1.00. The van der Waals surface area contributed by atoms with E-state index in [1.807, 2.05) is 0 Å². The average Bonchev–Trinajstić information content (AvgIpc) is 2.78. The molecule has 1 unspecified atom stereocenters. The highest BCUT2D eigenvalue weighted by molar-refractivity contribution is 4.87. The number of fused-ring (bicyclic) bond motifs is 2. The van der Waals surface area contributed by atoms with Gasteiger partial charge in [-0.05, 0) is 5.92 Å². The van der Waals surface area contributed by atoms with Gasteiger partial charge in [0, 0.05) is 20.1 Å². The zero-order valence-corrected chi connectivity index (χ0v) is 11.1. The maximum atomic E-state index is 6.00. The van der Waals surface area contributed by atoms with E-state index in [-0.39, 0.29) is 24.6 Å². The molecule has 0 N–H and O–H groups in total. The van der Waals surface area contributed by atoms with Gasteiger partial charge in [0.1, 0.15) is 12.2 Å². The molecule has 0 aromatic carbocycles. The first-order chi connectivity index (χ1) is 8.28. The van der Waals surface area contributed by atoms with E-state index in [1.54, 1.807) is 7.11 Å². The van der Waals surface area contributed by atoms with Crippen molar-refractivity contribution in [2.45, 2.75) is 57.7 Å². The van der Waals surface area contributed by atoms with Gasteiger partial charge in [-0.1, -0.05) is 26.7 Å². The summed E-state index contributed by atoms with van der Waals surface area (Å²) in [5, 5.41) is 0. The Morgan fingerprint density at radius 2 is 2.00 bits per heavy atom. The molecule has 100 valence electrons. The van der Waals surface area contributed by atoms with Gasteiger partial charge < -0.3 is 18.9 Å². The van der Waals surface area contributed by atoms with Crippen LogP contribution >= 0.6 is 0 Å². The monoisotopic (exact) mass is 244 g/mol. The first-order valence-electron chi connectivity index (χ1n) is 6.69. The highest BCUT2D eigenvalue weighted by Crippen LogP contribution is 2.31. The molecule has 2 aliphatic heterocycles. The summed E-state index contributed by atoms with van der Waals surface area (Å²) < 4.78 is 22.7. The lowest BCUT2D eigenvalue weighted by atomic mass is 10.0. The van der Waals surface area contributed by atoms with Crippen molar-refractivity contribution in [1.29, 1.82) is 0 Å². The largest absolute Gasteiger partial charge is 0.376 e. The maximum Gasteiger partial charge on any atom is 0.184 e. The first-order valence-corrected chi connectivity index (χ1v) is 6.69. The second-order valence-electron chi connectivity index (χ2n) is 4.94. The average molecular weight is 244 g/mol. The van der Waals surface area contributed by atoms with E-state index in [0.717, 1.165) is 13.0 Å². The van der Waals surface area contributed by atoms with Gasteiger partial charge >= 0.3 is 0 Å². The van der Waals surface area contributed by atoms with Crippen LogP contribution in [0.1, 0.15) is 33.1 Å². The third kappa shape index (κ3) is 2.99. The SMILES string of the molecule is CCC(CC)CO[C@H]1C[C@@H](OC)C2OC[C@H]1O2. The summed E-state index contributed by atoms with van der Waals surface area (Å²) in [5.74, 6) is 0.649. The molecule has 0 aromatic heterocycles. The molecule has 0 aromatic rings. The number of hydrogen-bond donors (Lipinski definition) is 0. The van der Waals surface area contributed by atoms with Crippen molar-refractivity contribution in [3.63, 3.8) is 0 Å². The van der Waals surface area contributed by atoms with Crippen molar-refractivity contribution in [3.8, 4) is 0 Å². The summed E-state index contributed by atoms with van der Waals surface area (Å²) in [7, 11) is 1.70. The minimum Gasteiger partial charge on any atom is -0.376 e. The van der Waals surface area contributed by atoms with Gasteiger partial charge in [0.05, 0.1) is 12.7 Å². The molecule has 0 spiro atoms. The fourth-order valence-electron chi connectivity index (χ4n) is 2.49. The highest BCUT2D eigenvalue weighted by Gasteiger charge is 2.44. The van der Waals surface area contributed by atoms with Gasteiger partial charge in [-0.3, -0.25) is 0 Å². The minimum atomic E-state index is -0.182. The molecule has 17 heavy (non-hydrogen) atoms. The van der Waals surface area contributed by atoms with E-state index >= 15 is 0 Å². The Morgan fingerprint density at radius 3 is 2.65 bits per heavy atom. The van der Waals surface area contributed by atoms with E-state index in [9.17, 15) is 0 Å². The number of rotatable bonds is 6. The number of methoxy groups -OCH3 is 1. The normalized spacial score (nSPS) is 36.7. The molecule has 0 amide bonds. The Hall–Kier alpha value is -0.160. The van der Waals surface area contributed by atoms with Gasteiger partial charge in [0.15, 0.2) is 6.29 Å². The molecule has 4 heteroatoms. The molecule has 2 saturated heterocycles. The smallest absolute Gasteiger partial charge is 0.184 e. The summed E-state index contributed by atoms with van der Waals surface area (Å²) in [5.41, 5.74) is 0. The molecule has 2 fully saturated rings. The van der Waals surface area contributed by atoms with Crippen LogP contribution in [0.3, 0.4) is 0 Å². The molecule has 0 radical (unpaired) electrons. The Labute approximate surface area is 104 Å². The van der Waals surface area contributed by atoms with Crippen LogP contribution in [-0.2, 0) is 18.9 Å². The van der Waals surface area contributed by atoms with Crippen LogP contribution in [0.5, 0.6) is 0 Å². The van der Waals surface area contributed by atoms with Crippen molar-refractivity contribution < 1.29 is 18.9 Å². The summed E-state index contributed by atoms with van der Waals surface area (Å²) in [4.78, 5) is 0. The zero-order valence-electron chi connectivity index (χ0n) is 11.1. The zero-order chi connectivity index (χ0) is 12.3. The molecule has 2 heterocycles. The molecule has 2 aliphatic rings. The predicted molar refractivity (Wildman–Crippen MR) is 63.8 cm³/mol. The van der Waals surface area contributed by atoms with E-state index in [1.165, 1.54) is 12.8 Å². The van der Waals surface area contributed by atoms with Crippen molar-refractivity contribution in [2.75, 3.05) is 20.3 Å². The lowest BCUT2D eigenvalue weighted by Crippen LogP contribution is -2.44. The summed E-state index contributed by atoms with van der Waals surface area (Å²) in [6.07, 6.45) is 3.27. The van der Waals surface area contributed by atoms with Crippen molar-refractivity contribution in [1.82, 2.24) is 0 Å². The Morgan fingerprint density at radius 1 is 1.24 bits per heavy atom. The third-order valence-electron chi connectivity index (χ3n) is 3.92. The molecular weight excluding hydrogens is 220 g/mol. The number of hydrogen-bond acceptors (Lipinski definition) is 4. The second kappa shape index (κ2) is 6.14.